The summed E-state index contributed by atoms with van der Waals surface area (Å²) in [4.78, 5) is 11.8. The summed E-state index contributed by atoms with van der Waals surface area (Å²) in [7, 11) is 1.68. The molecule has 0 aromatic heterocycles. The number of nitrogens with one attached hydrogen (secondary N) is 2. The molecule has 1 rings (SSSR count). The van der Waals surface area contributed by atoms with E-state index in [2.05, 4.69) is 17.6 Å². The molecule has 0 bridgehead atoms. The molecule has 2 N–H and O–H groups in total. The van der Waals surface area contributed by atoms with E-state index in [1.165, 1.54) is 19.3 Å². The summed E-state index contributed by atoms with van der Waals surface area (Å²) in [6.45, 7) is 6.61. The zero-order valence-corrected chi connectivity index (χ0v) is 12.0. The SMILES string of the molecule is COCCCNC(=O)C(C)NCC1CCC(C)C1. The van der Waals surface area contributed by atoms with Gasteiger partial charge < -0.3 is 15.4 Å². The Kier molecular flexibility index (Phi) is 7.28. The van der Waals surface area contributed by atoms with Crippen LogP contribution in [0.2, 0.25) is 0 Å². The molecular formula is C14H28N2O2. The fraction of sp³-hybridized carbons (Fsp3) is 0.929. The molecule has 106 valence electrons. The maximum atomic E-state index is 11.8. The van der Waals surface area contributed by atoms with Gasteiger partial charge in [0.25, 0.3) is 0 Å². The zero-order chi connectivity index (χ0) is 13.4. The number of carbonyl (C=O) groups is 1. The second kappa shape index (κ2) is 8.48. The Morgan fingerprint density at radius 1 is 1.44 bits per heavy atom. The van der Waals surface area contributed by atoms with E-state index in [1.807, 2.05) is 6.92 Å². The molecule has 1 aliphatic rings. The van der Waals surface area contributed by atoms with E-state index >= 15 is 0 Å². The fourth-order valence-electron chi connectivity index (χ4n) is 2.53. The lowest BCUT2D eigenvalue weighted by Gasteiger charge is -2.17. The van der Waals surface area contributed by atoms with Crippen LogP contribution in [0.4, 0.5) is 0 Å². The molecule has 0 spiro atoms. The Bertz CT molecular complexity index is 246. The van der Waals surface area contributed by atoms with Crippen LogP contribution in [0.15, 0.2) is 0 Å². The first-order valence-corrected chi connectivity index (χ1v) is 7.13. The summed E-state index contributed by atoms with van der Waals surface area (Å²) in [6, 6.07) is -0.0940. The third-order valence-corrected chi connectivity index (χ3v) is 3.73. The Morgan fingerprint density at radius 2 is 2.22 bits per heavy atom. The van der Waals surface area contributed by atoms with Crippen molar-refractivity contribution in [1.82, 2.24) is 10.6 Å². The van der Waals surface area contributed by atoms with Crippen LogP contribution in [0, 0.1) is 11.8 Å². The molecule has 1 amide bonds. The van der Waals surface area contributed by atoms with Gasteiger partial charge in [0.2, 0.25) is 5.91 Å². The number of methoxy groups -OCH3 is 1. The Morgan fingerprint density at radius 3 is 2.83 bits per heavy atom. The lowest BCUT2D eigenvalue weighted by Crippen LogP contribution is -2.44. The highest BCUT2D eigenvalue weighted by Gasteiger charge is 2.22. The predicted octanol–water partition coefficient (Wildman–Crippen LogP) is 1.55. The number of hydrogen-bond donors (Lipinski definition) is 2. The standard InChI is InChI=1S/C14H28N2O2/c1-11-5-6-13(9-11)10-16-12(2)14(17)15-7-4-8-18-3/h11-13,16H,4-10H2,1-3H3,(H,15,17). The van der Waals surface area contributed by atoms with E-state index in [9.17, 15) is 4.79 Å². The van der Waals surface area contributed by atoms with Gasteiger partial charge in [0.05, 0.1) is 6.04 Å². The average molecular weight is 256 g/mol. The van der Waals surface area contributed by atoms with Crippen molar-refractivity contribution in [3.8, 4) is 0 Å². The monoisotopic (exact) mass is 256 g/mol. The van der Waals surface area contributed by atoms with Crippen LogP contribution in [-0.2, 0) is 9.53 Å². The molecule has 1 saturated carbocycles. The minimum Gasteiger partial charge on any atom is -0.385 e. The number of rotatable bonds is 8. The first kappa shape index (κ1) is 15.4. The van der Waals surface area contributed by atoms with Crippen LogP contribution < -0.4 is 10.6 Å². The summed E-state index contributed by atoms with van der Waals surface area (Å²) in [5.41, 5.74) is 0. The summed E-state index contributed by atoms with van der Waals surface area (Å²) in [5, 5.41) is 6.26. The van der Waals surface area contributed by atoms with Gasteiger partial charge in [0, 0.05) is 20.3 Å². The van der Waals surface area contributed by atoms with Crippen molar-refractivity contribution in [2.75, 3.05) is 26.8 Å². The maximum absolute atomic E-state index is 11.8. The van der Waals surface area contributed by atoms with Crippen molar-refractivity contribution < 1.29 is 9.53 Å². The van der Waals surface area contributed by atoms with Crippen LogP contribution in [-0.4, -0.2) is 38.8 Å². The van der Waals surface area contributed by atoms with Crippen molar-refractivity contribution in [3.63, 3.8) is 0 Å². The largest absolute Gasteiger partial charge is 0.385 e. The Balaban J connectivity index is 2.08. The normalized spacial score (nSPS) is 25.1. The van der Waals surface area contributed by atoms with Gasteiger partial charge in [0.15, 0.2) is 0 Å². The van der Waals surface area contributed by atoms with Gasteiger partial charge in [-0.3, -0.25) is 4.79 Å². The molecule has 3 atom stereocenters. The Hall–Kier alpha value is -0.610. The van der Waals surface area contributed by atoms with Gasteiger partial charge in [-0.25, -0.2) is 0 Å². The number of amides is 1. The number of hydrogen-bond acceptors (Lipinski definition) is 3. The van der Waals surface area contributed by atoms with Crippen molar-refractivity contribution in [1.29, 1.82) is 0 Å². The molecule has 0 aliphatic heterocycles. The third kappa shape index (κ3) is 5.83. The predicted molar refractivity (Wildman–Crippen MR) is 73.5 cm³/mol. The molecule has 4 heteroatoms. The minimum atomic E-state index is -0.0940. The van der Waals surface area contributed by atoms with E-state index in [1.54, 1.807) is 7.11 Å². The Labute approximate surface area is 111 Å². The van der Waals surface area contributed by atoms with Crippen LogP contribution in [0.5, 0.6) is 0 Å². The molecule has 18 heavy (non-hydrogen) atoms. The average Bonchev–Trinajstić information content (AvgIpc) is 2.77. The van der Waals surface area contributed by atoms with E-state index in [-0.39, 0.29) is 11.9 Å². The molecule has 4 nitrogen and oxygen atoms in total. The topological polar surface area (TPSA) is 50.4 Å². The molecular weight excluding hydrogens is 228 g/mol. The lowest BCUT2D eigenvalue weighted by molar-refractivity contribution is -0.122. The van der Waals surface area contributed by atoms with Crippen molar-refractivity contribution in [2.45, 2.75) is 45.6 Å². The van der Waals surface area contributed by atoms with Gasteiger partial charge in [0.1, 0.15) is 0 Å². The van der Waals surface area contributed by atoms with Crippen molar-refractivity contribution >= 4 is 5.91 Å². The summed E-state index contributed by atoms with van der Waals surface area (Å²) < 4.78 is 4.94. The van der Waals surface area contributed by atoms with Gasteiger partial charge >= 0.3 is 0 Å². The molecule has 3 unspecified atom stereocenters. The highest BCUT2D eigenvalue weighted by atomic mass is 16.5. The first-order valence-electron chi connectivity index (χ1n) is 7.13. The molecule has 0 aromatic rings. The number of carbonyl (C=O) groups excluding carboxylic acids is 1. The van der Waals surface area contributed by atoms with Crippen LogP contribution in [0.1, 0.15) is 39.5 Å². The van der Waals surface area contributed by atoms with Gasteiger partial charge in [-0.2, -0.15) is 0 Å². The third-order valence-electron chi connectivity index (χ3n) is 3.73. The number of ether oxygens (including phenoxy) is 1. The second-order valence-corrected chi connectivity index (χ2v) is 5.55. The van der Waals surface area contributed by atoms with Crippen molar-refractivity contribution in [3.05, 3.63) is 0 Å². The minimum absolute atomic E-state index is 0.0940. The molecule has 1 fully saturated rings. The van der Waals surface area contributed by atoms with E-state index in [0.29, 0.717) is 13.2 Å². The highest BCUT2D eigenvalue weighted by molar-refractivity contribution is 5.81. The van der Waals surface area contributed by atoms with Crippen LogP contribution in [0.25, 0.3) is 0 Å². The van der Waals surface area contributed by atoms with E-state index in [4.69, 9.17) is 4.74 Å². The smallest absolute Gasteiger partial charge is 0.236 e. The van der Waals surface area contributed by atoms with Gasteiger partial charge in [-0.05, 0) is 44.6 Å². The second-order valence-electron chi connectivity index (χ2n) is 5.55. The molecule has 1 aliphatic carbocycles. The summed E-state index contributed by atoms with van der Waals surface area (Å²) in [6.07, 6.45) is 4.81. The van der Waals surface area contributed by atoms with Crippen LogP contribution >= 0.6 is 0 Å². The summed E-state index contributed by atoms with van der Waals surface area (Å²) in [5.74, 6) is 1.70. The zero-order valence-electron chi connectivity index (χ0n) is 12.0. The molecule has 0 radical (unpaired) electrons. The molecule has 0 heterocycles. The van der Waals surface area contributed by atoms with Gasteiger partial charge in [-0.15, -0.1) is 0 Å². The first-order chi connectivity index (χ1) is 8.63. The fourth-order valence-corrected chi connectivity index (χ4v) is 2.53. The van der Waals surface area contributed by atoms with Crippen LogP contribution in [0.3, 0.4) is 0 Å². The van der Waals surface area contributed by atoms with E-state index in [0.717, 1.165) is 24.8 Å². The van der Waals surface area contributed by atoms with Gasteiger partial charge in [-0.1, -0.05) is 13.3 Å². The van der Waals surface area contributed by atoms with Crippen molar-refractivity contribution in [2.24, 2.45) is 11.8 Å². The maximum Gasteiger partial charge on any atom is 0.236 e. The summed E-state index contributed by atoms with van der Waals surface area (Å²) >= 11 is 0. The quantitative estimate of drug-likeness (QED) is 0.648. The molecule has 0 aromatic carbocycles. The van der Waals surface area contributed by atoms with E-state index < -0.39 is 0 Å². The lowest BCUT2D eigenvalue weighted by atomic mass is 10.1. The molecule has 0 saturated heterocycles. The highest BCUT2D eigenvalue weighted by Crippen LogP contribution is 2.29.